The molecule has 20 heavy (non-hydrogen) atoms. The van der Waals surface area contributed by atoms with Gasteiger partial charge >= 0.3 is 0 Å². The van der Waals surface area contributed by atoms with Crippen LogP contribution in [0, 0.1) is 6.92 Å². The van der Waals surface area contributed by atoms with E-state index >= 15 is 0 Å². The van der Waals surface area contributed by atoms with Crippen LogP contribution in [0.25, 0.3) is 11.0 Å². The normalized spacial score (nSPS) is 16.4. The molecule has 0 aromatic carbocycles. The van der Waals surface area contributed by atoms with Gasteiger partial charge < -0.3 is 4.90 Å². The van der Waals surface area contributed by atoms with Crippen molar-refractivity contribution in [3.63, 3.8) is 0 Å². The van der Waals surface area contributed by atoms with E-state index in [0.29, 0.717) is 5.92 Å². The Kier molecular flexibility index (Phi) is 3.36. The first-order valence-corrected chi connectivity index (χ1v) is 7.54. The molecular formula is C15H23N5. The highest BCUT2D eigenvalue weighted by Crippen LogP contribution is 2.29. The Hall–Kier alpha value is -1.65. The molecule has 3 rings (SSSR count). The number of hydrogen-bond acceptors (Lipinski definition) is 4. The summed E-state index contributed by atoms with van der Waals surface area (Å²) in [6.07, 6.45) is 3.82. The van der Waals surface area contributed by atoms with E-state index in [0.717, 1.165) is 41.5 Å². The molecular weight excluding hydrogens is 250 g/mol. The summed E-state index contributed by atoms with van der Waals surface area (Å²) >= 11 is 0. The number of anilines is 1. The Bertz CT molecular complexity index is 623. The summed E-state index contributed by atoms with van der Waals surface area (Å²) in [7, 11) is 1.99. The van der Waals surface area contributed by atoms with Crippen molar-refractivity contribution < 1.29 is 0 Å². The summed E-state index contributed by atoms with van der Waals surface area (Å²) in [5.74, 6) is 2.33. The van der Waals surface area contributed by atoms with Crippen molar-refractivity contribution in [3.8, 4) is 0 Å². The Morgan fingerprint density at radius 2 is 1.75 bits per heavy atom. The molecule has 0 N–H and O–H groups in total. The molecule has 3 heterocycles. The zero-order chi connectivity index (χ0) is 14.3. The van der Waals surface area contributed by atoms with Gasteiger partial charge in [0.05, 0.1) is 5.69 Å². The average Bonchev–Trinajstić information content (AvgIpc) is 2.74. The first kappa shape index (κ1) is 13.3. The van der Waals surface area contributed by atoms with Crippen LogP contribution in [0.1, 0.15) is 50.5 Å². The molecule has 2 aromatic heterocycles. The van der Waals surface area contributed by atoms with Crippen molar-refractivity contribution in [1.82, 2.24) is 19.7 Å². The molecule has 0 spiro atoms. The Morgan fingerprint density at radius 3 is 2.40 bits per heavy atom. The van der Waals surface area contributed by atoms with Crippen molar-refractivity contribution in [2.45, 2.75) is 46.0 Å². The third-order valence-corrected chi connectivity index (χ3v) is 4.02. The van der Waals surface area contributed by atoms with Crippen molar-refractivity contribution in [2.75, 3.05) is 18.0 Å². The molecule has 0 amide bonds. The maximum Gasteiger partial charge on any atom is 0.158 e. The van der Waals surface area contributed by atoms with Gasteiger partial charge in [0.2, 0.25) is 0 Å². The number of rotatable bonds is 2. The fourth-order valence-electron chi connectivity index (χ4n) is 2.92. The highest BCUT2D eigenvalue weighted by atomic mass is 15.3. The Labute approximate surface area is 120 Å². The molecule has 2 aromatic rings. The quantitative estimate of drug-likeness (QED) is 0.844. The minimum atomic E-state index is 0.336. The van der Waals surface area contributed by atoms with E-state index in [1.54, 1.807) is 0 Å². The van der Waals surface area contributed by atoms with Gasteiger partial charge in [0.25, 0.3) is 0 Å². The molecule has 0 aliphatic carbocycles. The fourth-order valence-corrected chi connectivity index (χ4v) is 2.92. The summed E-state index contributed by atoms with van der Waals surface area (Å²) in [6.45, 7) is 8.50. The molecule has 1 aliphatic heterocycles. The van der Waals surface area contributed by atoms with Gasteiger partial charge in [-0.2, -0.15) is 5.10 Å². The van der Waals surface area contributed by atoms with Crippen molar-refractivity contribution in [2.24, 2.45) is 7.05 Å². The second-order valence-corrected chi connectivity index (χ2v) is 6.01. The minimum absolute atomic E-state index is 0.336. The van der Waals surface area contributed by atoms with Gasteiger partial charge in [-0.15, -0.1) is 0 Å². The van der Waals surface area contributed by atoms with Gasteiger partial charge in [0.15, 0.2) is 5.82 Å². The molecule has 0 atom stereocenters. The summed E-state index contributed by atoms with van der Waals surface area (Å²) < 4.78 is 1.93. The van der Waals surface area contributed by atoms with Gasteiger partial charge in [-0.05, 0) is 26.2 Å². The second-order valence-electron chi connectivity index (χ2n) is 6.01. The monoisotopic (exact) mass is 273 g/mol. The second kappa shape index (κ2) is 5.04. The molecule has 1 saturated heterocycles. The number of nitrogens with zero attached hydrogens (tertiary/aromatic N) is 5. The molecule has 0 saturated carbocycles. The summed E-state index contributed by atoms with van der Waals surface area (Å²) in [4.78, 5) is 12.0. The van der Waals surface area contributed by atoms with Crippen molar-refractivity contribution in [3.05, 3.63) is 11.5 Å². The van der Waals surface area contributed by atoms with Crippen LogP contribution in [0.2, 0.25) is 0 Å². The maximum absolute atomic E-state index is 4.85. The smallest absolute Gasteiger partial charge is 0.158 e. The van der Waals surface area contributed by atoms with Gasteiger partial charge in [-0.25, -0.2) is 9.97 Å². The Morgan fingerprint density at radius 1 is 1.05 bits per heavy atom. The topological polar surface area (TPSA) is 46.8 Å². The predicted molar refractivity (Wildman–Crippen MR) is 81.2 cm³/mol. The molecule has 0 unspecified atom stereocenters. The molecule has 1 aliphatic rings. The lowest BCUT2D eigenvalue weighted by Gasteiger charge is -2.28. The lowest BCUT2D eigenvalue weighted by atomic mass is 10.1. The van der Waals surface area contributed by atoms with Gasteiger partial charge in [0.1, 0.15) is 16.9 Å². The van der Waals surface area contributed by atoms with Crippen LogP contribution >= 0.6 is 0 Å². The van der Waals surface area contributed by atoms with Gasteiger partial charge in [-0.3, -0.25) is 4.68 Å². The van der Waals surface area contributed by atoms with Crippen molar-refractivity contribution in [1.29, 1.82) is 0 Å². The lowest BCUT2D eigenvalue weighted by Crippen LogP contribution is -2.31. The van der Waals surface area contributed by atoms with E-state index in [-0.39, 0.29) is 0 Å². The van der Waals surface area contributed by atoms with E-state index in [9.17, 15) is 0 Å². The van der Waals surface area contributed by atoms with Crippen LogP contribution in [0.15, 0.2) is 0 Å². The minimum Gasteiger partial charge on any atom is -0.355 e. The molecule has 108 valence electrons. The first-order chi connectivity index (χ1) is 9.58. The first-order valence-electron chi connectivity index (χ1n) is 7.54. The summed E-state index contributed by atoms with van der Waals surface area (Å²) in [5.41, 5.74) is 3.07. The van der Waals surface area contributed by atoms with E-state index in [2.05, 4.69) is 23.8 Å². The number of hydrogen-bond donors (Lipinski definition) is 0. The van der Waals surface area contributed by atoms with E-state index < -0.39 is 0 Å². The lowest BCUT2D eigenvalue weighted by molar-refractivity contribution is 0.571. The van der Waals surface area contributed by atoms with Crippen LogP contribution in [-0.4, -0.2) is 32.8 Å². The zero-order valence-electron chi connectivity index (χ0n) is 12.8. The number of fused-ring (bicyclic) bond motifs is 1. The molecule has 0 bridgehead atoms. The average molecular weight is 273 g/mol. The summed E-state index contributed by atoms with van der Waals surface area (Å²) in [5, 5.41) is 4.53. The third-order valence-electron chi connectivity index (χ3n) is 4.02. The number of piperidine rings is 1. The Balaban J connectivity index is 2.21. The summed E-state index contributed by atoms with van der Waals surface area (Å²) in [6, 6.07) is 0. The van der Waals surface area contributed by atoms with Crippen LogP contribution in [0.4, 0.5) is 5.82 Å². The van der Waals surface area contributed by atoms with E-state index in [1.165, 1.54) is 19.3 Å². The molecule has 5 heteroatoms. The highest BCUT2D eigenvalue weighted by molar-refractivity contribution is 5.88. The standard InChI is InChI=1S/C15H23N5/c1-10(2)14-16-12-11(3)18-19(4)13(12)15(17-14)20-8-6-5-7-9-20/h10H,5-9H2,1-4H3. The maximum atomic E-state index is 4.85. The van der Waals surface area contributed by atoms with Gasteiger partial charge in [-0.1, -0.05) is 13.8 Å². The zero-order valence-corrected chi connectivity index (χ0v) is 12.8. The predicted octanol–water partition coefficient (Wildman–Crippen LogP) is 2.79. The highest BCUT2D eigenvalue weighted by Gasteiger charge is 2.21. The fraction of sp³-hybridized carbons (Fsp3) is 0.667. The largest absolute Gasteiger partial charge is 0.355 e. The molecule has 5 nitrogen and oxygen atoms in total. The van der Waals surface area contributed by atoms with Crippen LogP contribution in [0.3, 0.4) is 0 Å². The van der Waals surface area contributed by atoms with Crippen LogP contribution in [-0.2, 0) is 7.05 Å². The third kappa shape index (κ3) is 2.15. The SMILES string of the molecule is Cc1nn(C)c2c(N3CCCCC3)nc(C(C)C)nc12. The van der Waals surface area contributed by atoms with Crippen LogP contribution < -0.4 is 4.90 Å². The number of aryl methyl sites for hydroxylation is 2. The van der Waals surface area contributed by atoms with Gasteiger partial charge in [0, 0.05) is 26.1 Å². The van der Waals surface area contributed by atoms with E-state index in [4.69, 9.17) is 9.97 Å². The van der Waals surface area contributed by atoms with E-state index in [1.807, 2.05) is 18.7 Å². The van der Waals surface area contributed by atoms with Crippen molar-refractivity contribution >= 4 is 16.9 Å². The number of aromatic nitrogens is 4. The molecule has 1 fully saturated rings. The molecule has 0 radical (unpaired) electrons. The van der Waals surface area contributed by atoms with Crippen LogP contribution in [0.5, 0.6) is 0 Å².